The molecule has 3 aromatic carbocycles. The molecule has 7 nitrogen and oxygen atoms in total. The van der Waals surface area contributed by atoms with Gasteiger partial charge in [0.25, 0.3) is 15.9 Å². The van der Waals surface area contributed by atoms with Gasteiger partial charge in [0.1, 0.15) is 17.3 Å². The second-order valence-electron chi connectivity index (χ2n) is 6.62. The van der Waals surface area contributed by atoms with Gasteiger partial charge in [0.05, 0.1) is 24.1 Å². The van der Waals surface area contributed by atoms with Gasteiger partial charge in [0, 0.05) is 23.4 Å². The number of benzene rings is 3. The molecular weight excluding hydrogens is 459 g/mol. The number of methoxy groups -OCH3 is 2. The molecular formula is C22H20ClFN2O5S. The predicted octanol–water partition coefficient (Wildman–Crippen LogP) is 4.23. The summed E-state index contributed by atoms with van der Waals surface area (Å²) in [7, 11) is -0.893. The van der Waals surface area contributed by atoms with E-state index >= 15 is 0 Å². The first kappa shape index (κ1) is 23.4. The maximum Gasteiger partial charge on any atom is 0.261 e. The molecule has 0 saturated carbocycles. The van der Waals surface area contributed by atoms with E-state index in [4.69, 9.17) is 21.1 Å². The zero-order chi connectivity index (χ0) is 23.3. The maximum absolute atomic E-state index is 13.3. The van der Waals surface area contributed by atoms with Crippen LogP contribution in [0.2, 0.25) is 5.02 Å². The second kappa shape index (κ2) is 9.88. The van der Waals surface area contributed by atoms with Crippen molar-refractivity contribution in [2.24, 2.45) is 0 Å². The Balaban J connectivity index is 1.67. The lowest BCUT2D eigenvalue weighted by Gasteiger charge is -2.12. The van der Waals surface area contributed by atoms with Gasteiger partial charge in [-0.15, -0.1) is 0 Å². The number of rotatable bonds is 8. The SMILES string of the molecule is COc1ccc(OC)c(CNC(=O)c2ccc(NS(=O)(=O)c3ccc(F)c(Cl)c3)cc2)c1. The third-order valence-corrected chi connectivity index (χ3v) is 6.20. The Hall–Kier alpha value is -3.30. The van der Waals surface area contributed by atoms with Crippen LogP contribution in [0, 0.1) is 5.82 Å². The van der Waals surface area contributed by atoms with Crippen molar-refractivity contribution in [2.45, 2.75) is 11.4 Å². The van der Waals surface area contributed by atoms with Crippen LogP contribution in [-0.4, -0.2) is 28.5 Å². The van der Waals surface area contributed by atoms with Gasteiger partial charge in [-0.1, -0.05) is 11.6 Å². The van der Waals surface area contributed by atoms with Gasteiger partial charge < -0.3 is 14.8 Å². The summed E-state index contributed by atoms with van der Waals surface area (Å²) in [5.41, 5.74) is 1.30. The molecule has 10 heteroatoms. The summed E-state index contributed by atoms with van der Waals surface area (Å²) in [6, 6.07) is 14.2. The van der Waals surface area contributed by atoms with Crippen molar-refractivity contribution in [1.82, 2.24) is 5.32 Å². The van der Waals surface area contributed by atoms with Crippen molar-refractivity contribution >= 4 is 33.2 Å². The summed E-state index contributed by atoms with van der Waals surface area (Å²) < 4.78 is 51.1. The molecule has 0 aliphatic carbocycles. The van der Waals surface area contributed by atoms with E-state index in [1.807, 2.05) is 0 Å². The summed E-state index contributed by atoms with van der Waals surface area (Å²) in [6.07, 6.45) is 0. The zero-order valence-corrected chi connectivity index (χ0v) is 18.8. The topological polar surface area (TPSA) is 93.7 Å². The number of anilines is 1. The first-order valence-electron chi connectivity index (χ1n) is 9.30. The van der Waals surface area contributed by atoms with Crippen LogP contribution in [0.15, 0.2) is 65.6 Å². The minimum Gasteiger partial charge on any atom is -0.497 e. The third-order valence-electron chi connectivity index (χ3n) is 4.53. The molecule has 1 amide bonds. The number of carbonyl (C=O) groups excluding carboxylic acids is 1. The molecule has 168 valence electrons. The van der Waals surface area contributed by atoms with Crippen LogP contribution in [0.5, 0.6) is 11.5 Å². The van der Waals surface area contributed by atoms with E-state index in [-0.39, 0.29) is 28.1 Å². The molecule has 0 atom stereocenters. The van der Waals surface area contributed by atoms with Crippen LogP contribution in [-0.2, 0) is 16.6 Å². The first-order chi connectivity index (χ1) is 15.2. The minimum atomic E-state index is -3.97. The summed E-state index contributed by atoms with van der Waals surface area (Å²) in [6.45, 7) is 0.207. The summed E-state index contributed by atoms with van der Waals surface area (Å²) in [4.78, 5) is 12.3. The molecule has 0 heterocycles. The smallest absolute Gasteiger partial charge is 0.261 e. The number of nitrogens with one attached hydrogen (secondary N) is 2. The lowest BCUT2D eigenvalue weighted by Crippen LogP contribution is -2.23. The van der Waals surface area contributed by atoms with E-state index in [1.165, 1.54) is 31.4 Å². The fraction of sp³-hybridized carbons (Fsp3) is 0.136. The zero-order valence-electron chi connectivity index (χ0n) is 17.2. The number of ether oxygens (including phenoxy) is 2. The lowest BCUT2D eigenvalue weighted by atomic mass is 10.1. The Morgan fingerprint density at radius 3 is 2.34 bits per heavy atom. The fourth-order valence-electron chi connectivity index (χ4n) is 2.85. The van der Waals surface area contributed by atoms with Crippen molar-refractivity contribution in [3.05, 3.63) is 82.6 Å². The molecule has 0 unspecified atom stereocenters. The van der Waals surface area contributed by atoms with Crippen molar-refractivity contribution < 1.29 is 27.1 Å². The number of carbonyl (C=O) groups is 1. The van der Waals surface area contributed by atoms with Crippen LogP contribution in [0.25, 0.3) is 0 Å². The molecule has 0 bridgehead atoms. The van der Waals surface area contributed by atoms with E-state index < -0.39 is 15.8 Å². The third kappa shape index (κ3) is 5.49. The molecule has 2 N–H and O–H groups in total. The second-order valence-corrected chi connectivity index (χ2v) is 8.71. The van der Waals surface area contributed by atoms with E-state index in [2.05, 4.69) is 10.0 Å². The predicted molar refractivity (Wildman–Crippen MR) is 119 cm³/mol. The van der Waals surface area contributed by atoms with Crippen LogP contribution in [0.3, 0.4) is 0 Å². The highest BCUT2D eigenvalue weighted by molar-refractivity contribution is 7.92. The van der Waals surface area contributed by atoms with E-state index in [1.54, 1.807) is 25.3 Å². The Bertz CT molecular complexity index is 1230. The minimum absolute atomic E-state index is 0.182. The van der Waals surface area contributed by atoms with E-state index in [9.17, 15) is 17.6 Å². The molecule has 0 aliphatic heterocycles. The molecule has 32 heavy (non-hydrogen) atoms. The molecule has 0 aromatic heterocycles. The Morgan fingerprint density at radius 1 is 1.00 bits per heavy atom. The summed E-state index contributed by atoms with van der Waals surface area (Å²) in [5.74, 6) is 0.174. The number of hydrogen-bond donors (Lipinski definition) is 2. The van der Waals surface area contributed by atoms with Gasteiger partial charge in [0.15, 0.2) is 0 Å². The van der Waals surface area contributed by atoms with Crippen LogP contribution in [0.4, 0.5) is 10.1 Å². The molecule has 0 spiro atoms. The van der Waals surface area contributed by atoms with Gasteiger partial charge in [-0.2, -0.15) is 0 Å². The van der Waals surface area contributed by atoms with E-state index in [0.717, 1.165) is 23.8 Å². The van der Waals surface area contributed by atoms with Crippen molar-refractivity contribution in [2.75, 3.05) is 18.9 Å². The summed E-state index contributed by atoms with van der Waals surface area (Å²) >= 11 is 5.66. The molecule has 0 saturated heterocycles. The highest BCUT2D eigenvalue weighted by Gasteiger charge is 2.16. The normalized spacial score (nSPS) is 11.0. The highest BCUT2D eigenvalue weighted by atomic mass is 35.5. The Labute approximate surface area is 190 Å². The maximum atomic E-state index is 13.3. The quantitative estimate of drug-likeness (QED) is 0.505. The molecule has 0 fully saturated rings. The largest absolute Gasteiger partial charge is 0.497 e. The van der Waals surface area contributed by atoms with Gasteiger partial charge in [-0.25, -0.2) is 12.8 Å². The molecule has 3 aromatic rings. The Morgan fingerprint density at radius 2 is 1.72 bits per heavy atom. The van der Waals surface area contributed by atoms with E-state index in [0.29, 0.717) is 17.1 Å². The van der Waals surface area contributed by atoms with Crippen LogP contribution in [0.1, 0.15) is 15.9 Å². The molecule has 3 rings (SSSR count). The van der Waals surface area contributed by atoms with Gasteiger partial charge >= 0.3 is 0 Å². The monoisotopic (exact) mass is 478 g/mol. The highest BCUT2D eigenvalue weighted by Crippen LogP contribution is 2.24. The fourth-order valence-corrected chi connectivity index (χ4v) is 4.18. The standard InChI is InChI=1S/C22H20ClFN2O5S/c1-30-17-7-10-21(31-2)15(11-17)13-25-22(27)14-3-5-16(6-4-14)26-32(28,29)18-8-9-20(24)19(23)12-18/h3-12,26H,13H2,1-2H3,(H,25,27). The lowest BCUT2D eigenvalue weighted by molar-refractivity contribution is 0.0950. The van der Waals surface area contributed by atoms with Crippen molar-refractivity contribution in [1.29, 1.82) is 0 Å². The average Bonchev–Trinajstić information content (AvgIpc) is 2.79. The van der Waals surface area contributed by atoms with Crippen molar-refractivity contribution in [3.8, 4) is 11.5 Å². The van der Waals surface area contributed by atoms with Crippen molar-refractivity contribution in [3.63, 3.8) is 0 Å². The summed E-state index contributed by atoms with van der Waals surface area (Å²) in [5, 5.41) is 2.48. The first-order valence-corrected chi connectivity index (χ1v) is 11.2. The Kier molecular flexibility index (Phi) is 7.22. The molecule has 0 aliphatic rings. The molecule has 0 radical (unpaired) electrons. The van der Waals surface area contributed by atoms with Gasteiger partial charge in [-0.3, -0.25) is 9.52 Å². The number of sulfonamides is 1. The van der Waals surface area contributed by atoms with Crippen LogP contribution >= 0.6 is 11.6 Å². The number of hydrogen-bond acceptors (Lipinski definition) is 5. The number of halogens is 2. The van der Waals surface area contributed by atoms with Gasteiger partial charge in [-0.05, 0) is 60.7 Å². The average molecular weight is 479 g/mol. The van der Waals surface area contributed by atoms with Gasteiger partial charge in [0.2, 0.25) is 0 Å². The number of amides is 1. The van der Waals surface area contributed by atoms with Crippen LogP contribution < -0.4 is 19.5 Å².